The number of carbonyl (C=O) groups is 2. The van der Waals surface area contributed by atoms with Gasteiger partial charge in [0.25, 0.3) is 0 Å². The van der Waals surface area contributed by atoms with E-state index in [-0.39, 0.29) is 47.7 Å². The summed E-state index contributed by atoms with van der Waals surface area (Å²) in [5, 5.41) is 15.9. The Morgan fingerprint density at radius 1 is 0.857 bits per heavy atom. The molecule has 0 spiro atoms. The summed E-state index contributed by atoms with van der Waals surface area (Å²) in [7, 11) is 3.00. The van der Waals surface area contributed by atoms with E-state index in [4.69, 9.17) is 21.1 Å². The van der Waals surface area contributed by atoms with Crippen LogP contribution in [0.15, 0.2) is 54.7 Å². The number of aromatic nitrogens is 2. The second-order valence-corrected chi connectivity index (χ2v) is 14.8. The largest absolute Gasteiger partial charge is 0.496 e. The van der Waals surface area contributed by atoms with Crippen molar-refractivity contribution in [1.82, 2.24) is 31.2 Å². The first-order valence-electron chi connectivity index (χ1n) is 18.9. The maximum Gasteiger partial charge on any atom is 0.419 e. The highest BCUT2D eigenvalue weighted by Gasteiger charge is 2.37. The van der Waals surface area contributed by atoms with Crippen molar-refractivity contribution in [2.24, 2.45) is 0 Å². The predicted molar refractivity (Wildman–Crippen MR) is 208 cm³/mol. The molecule has 11 nitrogen and oxygen atoms in total. The number of anilines is 1. The molecule has 15 heteroatoms. The van der Waals surface area contributed by atoms with Gasteiger partial charge in [0.2, 0.25) is 17.7 Å². The van der Waals surface area contributed by atoms with Gasteiger partial charge in [-0.2, -0.15) is 18.2 Å². The van der Waals surface area contributed by atoms with Crippen molar-refractivity contribution < 1.29 is 32.2 Å². The average molecular weight is 792 g/mol. The predicted octanol–water partition coefficient (Wildman–Crippen LogP) is 6.73. The molecule has 1 aliphatic carbocycles. The molecule has 4 aromatic rings. The topological polar surface area (TPSA) is 139 Å². The van der Waals surface area contributed by atoms with Crippen LogP contribution in [0.25, 0.3) is 22.4 Å². The van der Waals surface area contributed by atoms with Crippen LogP contribution in [0.3, 0.4) is 0 Å². The van der Waals surface area contributed by atoms with Gasteiger partial charge in [-0.1, -0.05) is 41.9 Å². The summed E-state index contributed by atoms with van der Waals surface area (Å²) < 4.78 is 55.0. The lowest BCUT2D eigenvalue weighted by Crippen LogP contribution is -2.35. The van der Waals surface area contributed by atoms with Gasteiger partial charge in [-0.3, -0.25) is 14.6 Å². The molecule has 2 aromatic heterocycles. The molecule has 7 rings (SSSR count). The van der Waals surface area contributed by atoms with E-state index in [1.165, 1.54) is 7.11 Å². The van der Waals surface area contributed by atoms with Crippen LogP contribution < -0.4 is 36.1 Å². The highest BCUT2D eigenvalue weighted by atomic mass is 35.5. The monoisotopic (exact) mass is 791 g/mol. The second-order valence-electron chi connectivity index (χ2n) is 14.4. The van der Waals surface area contributed by atoms with Gasteiger partial charge in [-0.15, -0.1) is 0 Å². The number of carbonyl (C=O) groups excluding carboxylic acids is 2. The third-order valence-electron chi connectivity index (χ3n) is 10.7. The van der Waals surface area contributed by atoms with Crippen LogP contribution in [0.5, 0.6) is 11.6 Å². The number of methoxy groups -OCH3 is 2. The molecule has 2 fully saturated rings. The Kier molecular flexibility index (Phi) is 12.0. The number of hydrogen-bond donors (Lipinski definition) is 5. The van der Waals surface area contributed by atoms with Gasteiger partial charge < -0.3 is 36.1 Å². The number of fused-ring (bicyclic) bond motifs is 1. The number of amides is 2. The van der Waals surface area contributed by atoms with Crippen molar-refractivity contribution >= 4 is 29.2 Å². The molecule has 2 saturated heterocycles. The number of pyridine rings is 2. The van der Waals surface area contributed by atoms with Crippen molar-refractivity contribution in [3.8, 4) is 34.0 Å². The normalized spacial score (nSPS) is 19.4. The molecular weight excluding hydrogens is 747 g/mol. The van der Waals surface area contributed by atoms with Crippen molar-refractivity contribution in [3.63, 3.8) is 0 Å². The summed E-state index contributed by atoms with van der Waals surface area (Å²) >= 11 is 7.15. The van der Waals surface area contributed by atoms with Gasteiger partial charge >= 0.3 is 6.18 Å². The van der Waals surface area contributed by atoms with E-state index in [0.29, 0.717) is 68.2 Å². The Balaban J connectivity index is 1.12. The van der Waals surface area contributed by atoms with E-state index in [1.807, 2.05) is 42.5 Å². The van der Waals surface area contributed by atoms with Crippen LogP contribution in [-0.2, 0) is 35.3 Å². The summed E-state index contributed by atoms with van der Waals surface area (Å²) in [5.41, 5.74) is 5.20. The van der Waals surface area contributed by atoms with Gasteiger partial charge in [0, 0.05) is 79.6 Å². The molecule has 2 aromatic carbocycles. The average Bonchev–Trinajstić information content (AvgIpc) is 3.81. The third kappa shape index (κ3) is 8.72. The molecule has 0 bridgehead atoms. The Morgan fingerprint density at radius 2 is 1.57 bits per heavy atom. The van der Waals surface area contributed by atoms with Crippen molar-refractivity contribution in [2.75, 3.05) is 32.6 Å². The fraction of sp³-hybridized carbons (Fsp3) is 0.415. The van der Waals surface area contributed by atoms with E-state index < -0.39 is 17.8 Å². The number of rotatable bonds is 14. The van der Waals surface area contributed by atoms with Crippen molar-refractivity contribution in [2.45, 2.75) is 82.3 Å². The Hall–Kier alpha value is -4.92. The lowest BCUT2D eigenvalue weighted by Gasteiger charge is -2.30. The van der Waals surface area contributed by atoms with Gasteiger partial charge in [-0.05, 0) is 67.0 Å². The number of ether oxygens (including phenoxy) is 2. The first kappa shape index (κ1) is 39.3. The zero-order valence-corrected chi connectivity index (χ0v) is 32.0. The number of nitrogens with zero attached hydrogens (tertiary/aromatic N) is 2. The molecule has 4 heterocycles. The Morgan fingerprint density at radius 3 is 2.21 bits per heavy atom. The highest BCUT2D eigenvalue weighted by Crippen LogP contribution is 2.44. The molecule has 0 unspecified atom stereocenters. The highest BCUT2D eigenvalue weighted by molar-refractivity contribution is 6.35. The minimum atomic E-state index is -4.68. The Labute approximate surface area is 328 Å². The van der Waals surface area contributed by atoms with Crippen LogP contribution in [0, 0.1) is 0 Å². The zero-order chi connectivity index (χ0) is 39.4. The second kappa shape index (κ2) is 17.1. The van der Waals surface area contributed by atoms with Gasteiger partial charge in [-0.25, -0.2) is 0 Å². The summed E-state index contributed by atoms with van der Waals surface area (Å²) in [5.74, 6) is 0.509. The number of benzene rings is 2. The lowest BCUT2D eigenvalue weighted by atomic mass is 9.83. The number of hydrogen-bond acceptors (Lipinski definition) is 9. The van der Waals surface area contributed by atoms with E-state index in [0.717, 1.165) is 52.3 Å². The molecule has 2 aliphatic heterocycles. The molecule has 0 saturated carbocycles. The van der Waals surface area contributed by atoms with E-state index in [1.54, 1.807) is 13.3 Å². The minimum absolute atomic E-state index is 0.0307. The SMILES string of the molecule is COc1cc(-c2nccc(-c3cccc4c3CCC[C@H]4Nc3nc(OC)c(CNC[C@@H]4CCC(=O)N4)cc3C(F)(F)F)c2Cl)ccc1CNC[C@@H]1CCC(=O)N1. The molecular formula is C41H45ClF3N7O4. The molecule has 56 heavy (non-hydrogen) atoms. The maximum atomic E-state index is 14.6. The quantitative estimate of drug-likeness (QED) is 0.0942. The first-order valence-corrected chi connectivity index (χ1v) is 19.3. The van der Waals surface area contributed by atoms with E-state index in [9.17, 15) is 22.8 Å². The third-order valence-corrected chi connectivity index (χ3v) is 11.1. The van der Waals surface area contributed by atoms with Crippen LogP contribution in [0.1, 0.15) is 72.4 Å². The van der Waals surface area contributed by atoms with E-state index >= 15 is 0 Å². The molecule has 5 N–H and O–H groups in total. The van der Waals surface area contributed by atoms with E-state index in [2.05, 4.69) is 36.6 Å². The molecule has 2 amide bonds. The zero-order valence-electron chi connectivity index (χ0n) is 31.2. The fourth-order valence-corrected chi connectivity index (χ4v) is 8.22. The number of alkyl halides is 3. The molecule has 3 atom stereocenters. The van der Waals surface area contributed by atoms with Crippen molar-refractivity contribution in [3.05, 3.63) is 87.6 Å². The first-order chi connectivity index (χ1) is 27.0. The van der Waals surface area contributed by atoms with Crippen LogP contribution in [-0.4, -0.2) is 61.2 Å². The molecule has 0 radical (unpaired) electrons. The minimum Gasteiger partial charge on any atom is -0.496 e. The summed E-state index contributed by atoms with van der Waals surface area (Å²) in [6.45, 7) is 1.72. The van der Waals surface area contributed by atoms with Crippen LogP contribution in [0.4, 0.5) is 19.0 Å². The smallest absolute Gasteiger partial charge is 0.419 e. The Bertz CT molecular complexity index is 2100. The maximum absolute atomic E-state index is 14.6. The van der Waals surface area contributed by atoms with Crippen LogP contribution >= 0.6 is 11.6 Å². The summed E-state index contributed by atoms with van der Waals surface area (Å²) in [4.78, 5) is 32.1. The molecule has 3 aliphatic rings. The number of halogens is 4. The lowest BCUT2D eigenvalue weighted by molar-refractivity contribution is -0.137. The fourth-order valence-electron chi connectivity index (χ4n) is 7.90. The standard InChI is InChI=1S/C41H45ClF3N7O4/c1-55-34-18-23(9-10-24(34)19-46-21-26-11-13-35(53)49-26)38-37(42)31(15-16-48-38)29-5-3-7-30-28(29)6-4-8-33(30)51-39-32(41(43,44)45)17-25(40(52-39)56-2)20-47-22-27-12-14-36(54)50-27/h3,5,7,9-10,15-18,26-27,33,46-47H,4,6,8,11-14,19-22H2,1-2H3,(H,49,53)(H,50,54)(H,51,52)/t26-,27-,33+/m0/s1. The number of nitrogens with one attached hydrogen (secondary N) is 5. The summed E-state index contributed by atoms with van der Waals surface area (Å²) in [6.07, 6.45) is 1.54. The van der Waals surface area contributed by atoms with Gasteiger partial charge in [0.05, 0.1) is 36.5 Å². The van der Waals surface area contributed by atoms with Gasteiger partial charge in [0.15, 0.2) is 0 Å². The summed E-state index contributed by atoms with van der Waals surface area (Å²) in [6, 6.07) is 14.2. The molecule has 296 valence electrons. The van der Waals surface area contributed by atoms with Crippen LogP contribution in [0.2, 0.25) is 5.02 Å². The van der Waals surface area contributed by atoms with Crippen molar-refractivity contribution in [1.29, 1.82) is 0 Å². The van der Waals surface area contributed by atoms with Gasteiger partial charge in [0.1, 0.15) is 11.6 Å².